The molecule has 1 aromatic heterocycles. The summed E-state index contributed by atoms with van der Waals surface area (Å²) < 4.78 is 0. The van der Waals surface area contributed by atoms with E-state index in [1.807, 2.05) is 11.3 Å². The summed E-state index contributed by atoms with van der Waals surface area (Å²) in [5, 5.41) is 1.35. The van der Waals surface area contributed by atoms with E-state index < -0.39 is 0 Å². The molecule has 6 aromatic rings. The molecule has 2 nitrogen and oxygen atoms in total. The Hall–Kier alpha value is -4.54. The summed E-state index contributed by atoms with van der Waals surface area (Å²) in [6, 6.07) is 43.8. The summed E-state index contributed by atoms with van der Waals surface area (Å²) >= 11 is 1.98. The number of para-hydroxylation sites is 1. The smallest absolute Gasteiger partial charge is 0.253 e. The van der Waals surface area contributed by atoms with Crippen LogP contribution in [-0.4, -0.2) is 6.71 Å². The molecule has 0 atom stereocenters. The maximum Gasteiger partial charge on any atom is 0.253 e. The fourth-order valence-corrected chi connectivity index (χ4v) is 10.2. The molecule has 0 N–H and O–H groups in total. The second kappa shape index (κ2) is 10.2. The van der Waals surface area contributed by atoms with E-state index in [2.05, 4.69) is 180 Å². The minimum absolute atomic E-state index is 0.0905. The Morgan fingerprint density at radius 3 is 1.71 bits per heavy atom. The molecule has 0 spiro atoms. The van der Waals surface area contributed by atoms with Crippen molar-refractivity contribution in [3.8, 4) is 10.4 Å². The summed E-state index contributed by atoms with van der Waals surface area (Å²) in [5.41, 5.74) is 17.5. The van der Waals surface area contributed by atoms with Crippen LogP contribution in [0, 0.1) is 0 Å². The fourth-order valence-electron chi connectivity index (χ4n) is 8.65. The van der Waals surface area contributed by atoms with Gasteiger partial charge in [-0.25, -0.2) is 0 Å². The van der Waals surface area contributed by atoms with Gasteiger partial charge in [0.1, 0.15) is 0 Å². The Balaban J connectivity index is 1.34. The number of fused-ring (bicyclic) bond motifs is 8. The Morgan fingerprint density at radius 2 is 1.08 bits per heavy atom. The van der Waals surface area contributed by atoms with Crippen LogP contribution < -0.4 is 26.2 Å². The van der Waals surface area contributed by atoms with Crippen LogP contribution in [0.5, 0.6) is 0 Å². The van der Waals surface area contributed by atoms with Gasteiger partial charge in [0.05, 0.1) is 5.00 Å². The lowest BCUT2D eigenvalue weighted by atomic mass is 9.33. The molecular formula is C45H43BN2S. The number of thiophene rings is 1. The maximum absolute atomic E-state index is 2.58. The van der Waals surface area contributed by atoms with Gasteiger partial charge in [0.15, 0.2) is 0 Å². The lowest BCUT2D eigenvalue weighted by Gasteiger charge is -2.44. The summed E-state index contributed by atoms with van der Waals surface area (Å²) in [6.07, 6.45) is 0. The van der Waals surface area contributed by atoms with Crippen LogP contribution in [0.1, 0.15) is 77.6 Å². The van der Waals surface area contributed by atoms with Crippen LogP contribution in [0.25, 0.3) is 10.4 Å². The first kappa shape index (κ1) is 30.5. The monoisotopic (exact) mass is 654 g/mol. The van der Waals surface area contributed by atoms with Crippen LogP contribution in [-0.2, 0) is 16.2 Å². The fraction of sp³-hybridized carbons (Fsp3) is 0.244. The average Bonchev–Trinajstić information content (AvgIpc) is 3.58. The Labute approximate surface area is 296 Å². The van der Waals surface area contributed by atoms with Crippen LogP contribution in [0.3, 0.4) is 0 Å². The van der Waals surface area contributed by atoms with Crippen molar-refractivity contribution < 1.29 is 0 Å². The van der Waals surface area contributed by atoms with E-state index in [0.717, 1.165) is 0 Å². The maximum atomic E-state index is 2.58. The average molecular weight is 655 g/mol. The molecule has 0 radical (unpaired) electrons. The molecule has 3 aliphatic rings. The van der Waals surface area contributed by atoms with E-state index in [0.29, 0.717) is 0 Å². The number of rotatable bonds is 2. The van der Waals surface area contributed by atoms with Crippen LogP contribution >= 0.6 is 11.3 Å². The highest BCUT2D eigenvalue weighted by molar-refractivity contribution is 7.23. The Bertz CT molecular complexity index is 2280. The van der Waals surface area contributed by atoms with Crippen molar-refractivity contribution in [2.45, 2.75) is 71.6 Å². The van der Waals surface area contributed by atoms with Gasteiger partial charge >= 0.3 is 0 Å². The topological polar surface area (TPSA) is 6.48 Å². The van der Waals surface area contributed by atoms with E-state index in [-0.39, 0.29) is 23.0 Å². The predicted molar refractivity (Wildman–Crippen MR) is 213 cm³/mol. The zero-order chi connectivity index (χ0) is 34.0. The van der Waals surface area contributed by atoms with E-state index in [4.69, 9.17) is 0 Å². The first-order valence-electron chi connectivity index (χ1n) is 17.7. The van der Waals surface area contributed by atoms with Crippen molar-refractivity contribution in [1.29, 1.82) is 0 Å². The first-order chi connectivity index (χ1) is 23.4. The lowest BCUT2D eigenvalue weighted by molar-refractivity contribution is 0.590. The lowest BCUT2D eigenvalue weighted by Crippen LogP contribution is -2.62. The zero-order valence-corrected chi connectivity index (χ0v) is 30.7. The van der Waals surface area contributed by atoms with Crippen molar-refractivity contribution in [1.82, 2.24) is 0 Å². The van der Waals surface area contributed by atoms with Crippen LogP contribution in [0.15, 0.2) is 115 Å². The van der Waals surface area contributed by atoms with Crippen LogP contribution in [0.2, 0.25) is 0 Å². The Kier molecular flexibility index (Phi) is 6.38. The summed E-state index contributed by atoms with van der Waals surface area (Å²) in [4.78, 5) is 6.51. The minimum Gasteiger partial charge on any atom is -0.311 e. The highest BCUT2D eigenvalue weighted by Gasteiger charge is 2.50. The molecule has 9 rings (SSSR count). The SMILES string of the molecule is CC(C)(C)c1ccc(N2c3ccccc3B3c4c2cccc4N(c2ccc(C(C)(C)C)cc2)c2sc4c(c23)C(C)(C)c2ccccc2-4)cc1. The molecule has 0 amide bonds. The normalized spacial score (nSPS) is 15.4. The quantitative estimate of drug-likeness (QED) is 0.171. The Morgan fingerprint density at radius 1 is 0.551 bits per heavy atom. The molecule has 0 bridgehead atoms. The summed E-state index contributed by atoms with van der Waals surface area (Å²) in [5.74, 6) is 0. The molecule has 1 aliphatic carbocycles. The molecule has 5 aromatic carbocycles. The number of anilines is 6. The van der Waals surface area contributed by atoms with Crippen molar-refractivity contribution >= 4 is 67.9 Å². The molecule has 3 heterocycles. The van der Waals surface area contributed by atoms with Crippen molar-refractivity contribution in [3.63, 3.8) is 0 Å². The molecule has 242 valence electrons. The van der Waals surface area contributed by atoms with Gasteiger partial charge in [-0.1, -0.05) is 128 Å². The third-order valence-electron chi connectivity index (χ3n) is 11.2. The summed E-state index contributed by atoms with van der Waals surface area (Å²) in [6.45, 7) is 18.7. The molecule has 0 saturated carbocycles. The standard InChI is InChI=1S/C45H43BN2S/c1-43(2,3)28-20-24-30(25-21-28)47-35-17-12-11-16-34(35)46-39-36(47)18-13-19-37(39)48(31-26-22-29(23-27-31)44(4,5)6)42-40(46)38-41(49-42)32-14-9-10-15-33(32)45(38,7)8/h9-27H,1-8H3. The second-order valence-corrected chi connectivity index (χ2v) is 17.7. The predicted octanol–water partition coefficient (Wildman–Crippen LogP) is 10.7. The minimum atomic E-state index is -0.112. The second-order valence-electron chi connectivity index (χ2n) is 16.7. The van der Waals surface area contributed by atoms with Crippen LogP contribution in [0.4, 0.5) is 33.4 Å². The number of hydrogen-bond acceptors (Lipinski definition) is 3. The van der Waals surface area contributed by atoms with Gasteiger partial charge in [-0.15, -0.1) is 11.3 Å². The van der Waals surface area contributed by atoms with Gasteiger partial charge in [-0.3, -0.25) is 0 Å². The molecule has 4 heteroatoms. The third-order valence-corrected chi connectivity index (χ3v) is 12.4. The molecule has 0 fully saturated rings. The molecular weight excluding hydrogens is 611 g/mol. The van der Waals surface area contributed by atoms with Gasteiger partial charge < -0.3 is 9.80 Å². The number of benzene rings is 5. The molecule has 2 aliphatic heterocycles. The van der Waals surface area contributed by atoms with Gasteiger partial charge in [0.2, 0.25) is 0 Å². The van der Waals surface area contributed by atoms with Crippen molar-refractivity contribution in [2.24, 2.45) is 0 Å². The van der Waals surface area contributed by atoms with E-state index in [1.165, 1.54) is 82.5 Å². The first-order valence-corrected chi connectivity index (χ1v) is 18.5. The van der Waals surface area contributed by atoms with E-state index in [1.54, 1.807) is 0 Å². The number of hydrogen-bond donors (Lipinski definition) is 0. The molecule has 0 unspecified atom stereocenters. The van der Waals surface area contributed by atoms with E-state index in [9.17, 15) is 0 Å². The molecule has 49 heavy (non-hydrogen) atoms. The van der Waals surface area contributed by atoms with Gasteiger partial charge in [0.25, 0.3) is 6.71 Å². The van der Waals surface area contributed by atoms with E-state index >= 15 is 0 Å². The van der Waals surface area contributed by atoms with Crippen molar-refractivity contribution in [2.75, 3.05) is 9.80 Å². The summed E-state index contributed by atoms with van der Waals surface area (Å²) in [7, 11) is 0. The third kappa shape index (κ3) is 4.32. The largest absolute Gasteiger partial charge is 0.311 e. The van der Waals surface area contributed by atoms with Gasteiger partial charge in [-0.2, -0.15) is 0 Å². The van der Waals surface area contributed by atoms with Crippen molar-refractivity contribution in [3.05, 3.63) is 138 Å². The van der Waals surface area contributed by atoms with Gasteiger partial charge in [0, 0.05) is 38.7 Å². The molecule has 0 saturated heterocycles. The number of nitrogens with zero attached hydrogens (tertiary/aromatic N) is 2. The zero-order valence-electron chi connectivity index (χ0n) is 29.8. The highest BCUT2D eigenvalue weighted by atomic mass is 32.1. The van der Waals surface area contributed by atoms with Gasteiger partial charge in [-0.05, 0) is 97.5 Å². The highest BCUT2D eigenvalue weighted by Crippen LogP contribution is 2.56.